The molecule has 0 aromatic rings. The fourth-order valence-corrected chi connectivity index (χ4v) is 0.197. The van der Waals surface area contributed by atoms with Crippen LogP contribution in [-0.2, 0) is 23.4 Å². The van der Waals surface area contributed by atoms with E-state index in [9.17, 15) is 4.79 Å². The van der Waals surface area contributed by atoms with E-state index in [0.29, 0.717) is 0 Å². The molecule has 0 rings (SSSR count). The molecule has 0 spiro atoms. The summed E-state index contributed by atoms with van der Waals surface area (Å²) in [6, 6.07) is 0. The molecule has 0 bridgehead atoms. The van der Waals surface area contributed by atoms with Crippen molar-refractivity contribution in [1.82, 2.24) is 0 Å². The van der Waals surface area contributed by atoms with Crippen LogP contribution in [-0.4, -0.2) is 5.78 Å². The molecule has 59 valence electrons. The smallest absolute Gasteiger partial charge is 0.358 e. The predicted octanol–water partition coefficient (Wildman–Crippen LogP) is 2.27. The zero-order chi connectivity index (χ0) is 6.78. The quantitative estimate of drug-likeness (QED) is 0.594. The van der Waals surface area contributed by atoms with Crippen LogP contribution in [0.4, 0.5) is 0 Å². The first-order chi connectivity index (χ1) is 3.50. The Balaban J connectivity index is -0.000000245. The minimum absolute atomic E-state index is 0. The zero-order valence-corrected chi connectivity index (χ0v) is 8.67. The molecule has 0 atom stereocenters. The Morgan fingerprint density at radius 2 is 1.80 bits per heavy atom. The summed E-state index contributed by atoms with van der Waals surface area (Å²) in [5.41, 5.74) is -0.208. The minimum Gasteiger partial charge on any atom is -0.358 e. The van der Waals surface area contributed by atoms with E-state index >= 15 is 0 Å². The van der Waals surface area contributed by atoms with Gasteiger partial charge in [0.15, 0.2) is 0 Å². The van der Waals surface area contributed by atoms with Crippen LogP contribution < -0.4 is 0 Å². The van der Waals surface area contributed by atoms with Gasteiger partial charge in [-0.3, -0.25) is 0 Å². The summed E-state index contributed by atoms with van der Waals surface area (Å²) in [7, 11) is 0. The molecule has 1 nitrogen and oxygen atoms in total. The molecule has 1 radical (unpaired) electrons. The van der Waals surface area contributed by atoms with E-state index in [2.05, 4.69) is 6.92 Å². The van der Waals surface area contributed by atoms with Crippen molar-refractivity contribution in [2.45, 2.75) is 27.2 Å². The van der Waals surface area contributed by atoms with E-state index in [1.54, 1.807) is 0 Å². The zero-order valence-electron chi connectivity index (χ0n) is 7.27. The molecule has 0 heterocycles. The van der Waals surface area contributed by atoms with Gasteiger partial charge in [0.1, 0.15) is 0 Å². The second kappa shape index (κ2) is 5.88. The number of carbonyl (C=O) groups excluding carboxylic acids is 1. The maximum atomic E-state index is 10.6. The first-order valence-electron chi connectivity index (χ1n) is 2.87. The van der Waals surface area contributed by atoms with Gasteiger partial charge in [-0.1, -0.05) is 20.8 Å². The molecule has 10 heavy (non-hydrogen) atoms. The maximum absolute atomic E-state index is 10.6. The third-order valence-electron chi connectivity index (χ3n) is 1.64. The summed E-state index contributed by atoms with van der Waals surface area (Å²) in [5, 5.41) is 0. The molecule has 0 saturated heterocycles. The van der Waals surface area contributed by atoms with Crippen molar-refractivity contribution in [3.8, 4) is 0 Å². The molecule has 0 unspecified atom stereocenters. The molecule has 0 aromatic heterocycles. The minimum atomic E-state index is -0.208. The van der Waals surface area contributed by atoms with Crippen molar-refractivity contribution in [3.05, 3.63) is 14.4 Å². The molecule has 0 fully saturated rings. The van der Waals surface area contributed by atoms with Gasteiger partial charge in [0.25, 0.3) is 0 Å². The van der Waals surface area contributed by atoms with Crippen LogP contribution >= 0.6 is 0 Å². The molecule has 0 aliphatic rings. The van der Waals surface area contributed by atoms with Crippen molar-refractivity contribution >= 4 is 5.78 Å². The number of rotatable bonds is 2. The van der Waals surface area contributed by atoms with E-state index in [4.69, 9.17) is 0 Å². The molecular weight excluding hydrogens is 163 g/mol. The largest absolute Gasteiger partial charge is 2.00 e. The maximum Gasteiger partial charge on any atom is 2.00 e. The van der Waals surface area contributed by atoms with Crippen LogP contribution in [0.15, 0.2) is 0 Å². The van der Waals surface area contributed by atoms with Crippen molar-refractivity contribution < 1.29 is 23.4 Å². The van der Waals surface area contributed by atoms with Gasteiger partial charge in [0.05, 0.1) is 0 Å². The van der Waals surface area contributed by atoms with Crippen molar-refractivity contribution in [2.24, 2.45) is 5.41 Å². The van der Waals surface area contributed by atoms with Crippen molar-refractivity contribution in [3.63, 3.8) is 0 Å². The van der Waals surface area contributed by atoms with Gasteiger partial charge in [-0.05, 0) is 11.8 Å². The number of Topliss-reactive ketones (excluding diaryl/α,β-unsaturated/α-hetero) is 1. The molecule has 0 aliphatic carbocycles. The molecular formula is C8H16OV. The van der Waals surface area contributed by atoms with Crippen molar-refractivity contribution in [1.29, 1.82) is 0 Å². The molecule has 0 saturated carbocycles. The van der Waals surface area contributed by atoms with Gasteiger partial charge in [0, 0.05) is 5.78 Å². The summed E-state index contributed by atoms with van der Waals surface area (Å²) in [6.07, 6.45) is 0.870. The molecule has 0 aromatic carbocycles. The predicted molar refractivity (Wildman–Crippen MR) is 40.9 cm³/mol. The standard InChI is InChI=1S/C7H13O.CH3.V/c1-5-7(3,4)6(2)8;;/h2,5H2,1,3-4H3;1H3;/q2*-1;+2. The summed E-state index contributed by atoms with van der Waals surface area (Å²) in [4.78, 5) is 10.6. The van der Waals surface area contributed by atoms with Crippen LogP contribution in [0.25, 0.3) is 0 Å². The Kier molecular flexibility index (Phi) is 9.76. The third-order valence-corrected chi connectivity index (χ3v) is 1.64. The monoisotopic (exact) mass is 179 g/mol. The SMILES string of the molecule is [CH2-]C(=O)C(C)(C)CC.[CH3-].[V+2]. The normalized spacial score (nSPS) is 9.10. The fourth-order valence-electron chi connectivity index (χ4n) is 0.197. The molecule has 0 amide bonds. The summed E-state index contributed by atoms with van der Waals surface area (Å²) in [6.45, 7) is 9.14. The van der Waals surface area contributed by atoms with E-state index in [0.717, 1.165) is 6.42 Å². The van der Waals surface area contributed by atoms with Crippen LogP contribution in [0.3, 0.4) is 0 Å². The number of hydrogen-bond acceptors (Lipinski definition) is 1. The summed E-state index contributed by atoms with van der Waals surface area (Å²) < 4.78 is 0. The van der Waals surface area contributed by atoms with E-state index in [1.807, 2.05) is 20.8 Å². The molecule has 2 heteroatoms. The Labute approximate surface area is 76.5 Å². The second-order valence-electron chi connectivity index (χ2n) is 2.66. The van der Waals surface area contributed by atoms with Crippen LogP contribution in [0, 0.1) is 19.8 Å². The van der Waals surface area contributed by atoms with Crippen LogP contribution in [0.1, 0.15) is 27.2 Å². The van der Waals surface area contributed by atoms with Gasteiger partial charge >= 0.3 is 18.6 Å². The van der Waals surface area contributed by atoms with Gasteiger partial charge in [-0.15, -0.1) is 0 Å². The summed E-state index contributed by atoms with van der Waals surface area (Å²) >= 11 is 0. The number of hydrogen-bond donors (Lipinski definition) is 0. The first-order valence-corrected chi connectivity index (χ1v) is 2.87. The Bertz CT molecular complexity index is 97.4. The fraction of sp³-hybridized carbons (Fsp3) is 0.625. The van der Waals surface area contributed by atoms with Gasteiger partial charge in [-0.2, -0.15) is 0 Å². The Morgan fingerprint density at radius 1 is 1.50 bits per heavy atom. The average Bonchev–Trinajstić information content (AvgIpc) is 1.67. The van der Waals surface area contributed by atoms with Crippen LogP contribution in [0.2, 0.25) is 0 Å². The topological polar surface area (TPSA) is 17.1 Å². The molecule has 0 aliphatic heterocycles. The van der Waals surface area contributed by atoms with Crippen molar-refractivity contribution in [2.75, 3.05) is 0 Å². The van der Waals surface area contributed by atoms with E-state index < -0.39 is 0 Å². The average molecular weight is 179 g/mol. The summed E-state index contributed by atoms with van der Waals surface area (Å²) in [5.74, 6) is 0.0278. The molecule has 0 N–H and O–H groups in total. The number of ketones is 1. The van der Waals surface area contributed by atoms with E-state index in [1.165, 1.54) is 0 Å². The van der Waals surface area contributed by atoms with Gasteiger partial charge < -0.3 is 19.1 Å². The second-order valence-corrected chi connectivity index (χ2v) is 2.66. The van der Waals surface area contributed by atoms with Gasteiger partial charge in [0.2, 0.25) is 0 Å². The number of carbonyl (C=O) groups is 1. The van der Waals surface area contributed by atoms with Crippen LogP contribution in [0.5, 0.6) is 0 Å². The Morgan fingerprint density at radius 3 is 1.80 bits per heavy atom. The first kappa shape index (κ1) is 16.6. The Hall–Kier alpha value is 0.124. The van der Waals surface area contributed by atoms with E-state index in [-0.39, 0.29) is 37.2 Å². The van der Waals surface area contributed by atoms with Gasteiger partial charge in [-0.25, -0.2) is 0 Å². The third kappa shape index (κ3) is 4.95.